The normalized spacial score (nSPS) is 10.5. The van der Waals surface area contributed by atoms with E-state index < -0.39 is 11.5 Å². The summed E-state index contributed by atoms with van der Waals surface area (Å²) in [6.45, 7) is 2.10. The third-order valence-corrected chi connectivity index (χ3v) is 2.77. The average molecular weight is 246 g/mol. The van der Waals surface area contributed by atoms with E-state index >= 15 is 0 Å². The first-order valence-electron chi connectivity index (χ1n) is 5.76. The maximum Gasteiger partial charge on any atom is 0.343 e. The van der Waals surface area contributed by atoms with Crippen LogP contribution in [0, 0.1) is 0 Å². The second-order valence-electron chi connectivity index (χ2n) is 4.08. The van der Waals surface area contributed by atoms with Crippen LogP contribution in [0.25, 0.3) is 11.3 Å². The molecule has 0 radical (unpaired) electrons. The molecule has 0 atom stereocenters. The molecular weight excluding hydrogens is 232 g/mol. The van der Waals surface area contributed by atoms with Gasteiger partial charge in [-0.15, -0.1) is 0 Å². The van der Waals surface area contributed by atoms with Crippen LogP contribution in [0.2, 0.25) is 0 Å². The van der Waals surface area contributed by atoms with Crippen LogP contribution in [0.15, 0.2) is 29.1 Å². The first-order valence-corrected chi connectivity index (χ1v) is 5.76. The molecule has 94 valence electrons. The molecule has 0 saturated carbocycles. The van der Waals surface area contributed by atoms with Gasteiger partial charge in [-0.2, -0.15) is 0 Å². The van der Waals surface area contributed by atoms with Gasteiger partial charge in [-0.25, -0.2) is 4.79 Å². The summed E-state index contributed by atoms with van der Waals surface area (Å²) in [4.78, 5) is 22.4. The zero-order valence-electron chi connectivity index (χ0n) is 9.99. The highest BCUT2D eigenvalue weighted by Gasteiger charge is 2.18. The fourth-order valence-electron chi connectivity index (χ4n) is 1.91. The first kappa shape index (κ1) is 12.2. The predicted octanol–water partition coefficient (Wildman–Crippen LogP) is 2.02. The number of aromatic nitrogens is 2. The van der Waals surface area contributed by atoms with Crippen molar-refractivity contribution in [1.82, 2.24) is 10.2 Å². The predicted molar refractivity (Wildman–Crippen MR) is 67.8 cm³/mol. The Morgan fingerprint density at radius 3 is 2.44 bits per heavy atom. The van der Waals surface area contributed by atoms with Crippen LogP contribution in [-0.4, -0.2) is 21.3 Å². The minimum atomic E-state index is -1.23. The third-order valence-electron chi connectivity index (χ3n) is 2.77. The van der Waals surface area contributed by atoms with Crippen LogP contribution in [0.4, 0.5) is 0 Å². The Kier molecular flexibility index (Phi) is 3.32. The van der Waals surface area contributed by atoms with E-state index in [0.29, 0.717) is 11.3 Å². The van der Waals surface area contributed by atoms with Crippen molar-refractivity contribution in [3.8, 4) is 11.3 Å². The number of nitrogens with one attached hydrogen (secondary N) is 2. The van der Waals surface area contributed by atoms with Crippen molar-refractivity contribution in [2.75, 3.05) is 0 Å². The summed E-state index contributed by atoms with van der Waals surface area (Å²) in [5.74, 6) is -1.23. The molecule has 0 aliphatic rings. The van der Waals surface area contributed by atoms with Crippen molar-refractivity contribution in [3.63, 3.8) is 0 Å². The highest BCUT2D eigenvalue weighted by molar-refractivity contribution is 5.94. The Balaban J connectivity index is 2.43. The van der Waals surface area contributed by atoms with Gasteiger partial charge in [0.2, 0.25) is 0 Å². The SMILES string of the molecule is CCCc1ccc(-c2[nH][nH]c(=O)c2C(=O)O)cc1. The Bertz CT molecular complexity index is 608. The van der Waals surface area contributed by atoms with E-state index in [4.69, 9.17) is 5.11 Å². The highest BCUT2D eigenvalue weighted by atomic mass is 16.4. The monoisotopic (exact) mass is 246 g/mol. The summed E-state index contributed by atoms with van der Waals surface area (Å²) in [6.07, 6.45) is 2.04. The molecule has 0 aliphatic carbocycles. The minimum Gasteiger partial charge on any atom is -0.477 e. The molecule has 18 heavy (non-hydrogen) atoms. The Hall–Kier alpha value is -2.30. The Labute approximate surface area is 103 Å². The van der Waals surface area contributed by atoms with Crippen LogP contribution >= 0.6 is 0 Å². The standard InChI is InChI=1S/C13H14N2O3/c1-2-3-8-4-6-9(7-5-8)11-10(13(17)18)12(16)15-14-11/h4-7H,2-3H2,1H3,(H,17,18)(H2,14,15,16). The number of hydrogen-bond acceptors (Lipinski definition) is 2. The number of carboxylic acid groups (broad SMARTS) is 1. The molecule has 0 bridgehead atoms. The lowest BCUT2D eigenvalue weighted by Gasteiger charge is -2.02. The second-order valence-corrected chi connectivity index (χ2v) is 4.08. The van der Waals surface area contributed by atoms with Gasteiger partial charge in [-0.3, -0.25) is 15.0 Å². The number of carboxylic acids is 1. The van der Waals surface area contributed by atoms with E-state index in [1.54, 1.807) is 0 Å². The number of aryl methyl sites for hydroxylation is 1. The van der Waals surface area contributed by atoms with Gasteiger partial charge in [-0.1, -0.05) is 37.6 Å². The fraction of sp³-hybridized carbons (Fsp3) is 0.231. The number of benzene rings is 1. The number of hydrogen-bond donors (Lipinski definition) is 3. The lowest BCUT2D eigenvalue weighted by atomic mass is 10.0. The van der Waals surface area contributed by atoms with Crippen molar-refractivity contribution in [2.24, 2.45) is 0 Å². The molecule has 0 aliphatic heterocycles. The Morgan fingerprint density at radius 1 is 1.22 bits per heavy atom. The Morgan fingerprint density at radius 2 is 1.89 bits per heavy atom. The van der Waals surface area contributed by atoms with E-state index in [1.165, 1.54) is 5.56 Å². The van der Waals surface area contributed by atoms with Crippen molar-refractivity contribution >= 4 is 5.97 Å². The molecule has 2 aromatic rings. The largest absolute Gasteiger partial charge is 0.477 e. The van der Waals surface area contributed by atoms with E-state index in [1.807, 2.05) is 24.3 Å². The van der Waals surface area contributed by atoms with Gasteiger partial charge in [0.25, 0.3) is 5.56 Å². The minimum absolute atomic E-state index is 0.252. The molecule has 0 amide bonds. The molecule has 1 aromatic carbocycles. The van der Waals surface area contributed by atoms with Crippen molar-refractivity contribution in [3.05, 3.63) is 45.7 Å². The molecule has 1 heterocycles. The highest BCUT2D eigenvalue weighted by Crippen LogP contribution is 2.20. The topological polar surface area (TPSA) is 86.0 Å². The summed E-state index contributed by atoms with van der Waals surface area (Å²) in [5, 5.41) is 13.9. The van der Waals surface area contributed by atoms with Gasteiger partial charge >= 0.3 is 5.97 Å². The zero-order valence-corrected chi connectivity index (χ0v) is 9.99. The van der Waals surface area contributed by atoms with E-state index in [2.05, 4.69) is 17.1 Å². The van der Waals surface area contributed by atoms with E-state index in [0.717, 1.165) is 12.8 Å². The maximum atomic E-state index is 11.4. The van der Waals surface area contributed by atoms with Crippen molar-refractivity contribution in [1.29, 1.82) is 0 Å². The molecule has 0 spiro atoms. The molecule has 1 aromatic heterocycles. The lowest BCUT2D eigenvalue weighted by Crippen LogP contribution is -2.12. The van der Waals surface area contributed by atoms with Crippen molar-refractivity contribution in [2.45, 2.75) is 19.8 Å². The summed E-state index contributed by atoms with van der Waals surface area (Å²) in [7, 11) is 0. The third kappa shape index (κ3) is 2.20. The molecule has 0 fully saturated rings. The van der Waals surface area contributed by atoms with Crippen LogP contribution in [0.5, 0.6) is 0 Å². The first-order chi connectivity index (χ1) is 8.63. The van der Waals surface area contributed by atoms with Crippen molar-refractivity contribution < 1.29 is 9.90 Å². The number of H-pyrrole nitrogens is 2. The lowest BCUT2D eigenvalue weighted by molar-refractivity contribution is 0.0696. The van der Waals surface area contributed by atoms with Gasteiger partial charge in [0, 0.05) is 5.56 Å². The molecular formula is C13H14N2O3. The number of carbonyl (C=O) groups is 1. The second kappa shape index (κ2) is 4.91. The quantitative estimate of drug-likeness (QED) is 0.771. The zero-order chi connectivity index (χ0) is 13.1. The van der Waals surface area contributed by atoms with Gasteiger partial charge in [-0.05, 0) is 12.0 Å². The molecule has 2 rings (SSSR count). The van der Waals surface area contributed by atoms with E-state index in [-0.39, 0.29) is 5.56 Å². The van der Waals surface area contributed by atoms with Crippen LogP contribution in [-0.2, 0) is 6.42 Å². The molecule has 0 saturated heterocycles. The average Bonchev–Trinajstić information content (AvgIpc) is 2.73. The maximum absolute atomic E-state index is 11.4. The van der Waals surface area contributed by atoms with E-state index in [9.17, 15) is 9.59 Å². The van der Waals surface area contributed by atoms with Gasteiger partial charge < -0.3 is 5.11 Å². The molecule has 3 N–H and O–H groups in total. The summed E-state index contributed by atoms with van der Waals surface area (Å²) in [5.41, 5.74) is 1.32. The number of aromatic amines is 2. The molecule has 5 nitrogen and oxygen atoms in total. The summed E-state index contributed by atoms with van der Waals surface area (Å²) < 4.78 is 0. The number of rotatable bonds is 4. The van der Waals surface area contributed by atoms with Gasteiger partial charge in [0.1, 0.15) is 0 Å². The number of aromatic carboxylic acids is 1. The van der Waals surface area contributed by atoms with Gasteiger partial charge in [0.05, 0.1) is 5.69 Å². The van der Waals surface area contributed by atoms with Gasteiger partial charge in [0.15, 0.2) is 5.56 Å². The molecule has 5 heteroatoms. The summed E-state index contributed by atoms with van der Waals surface area (Å²) >= 11 is 0. The smallest absolute Gasteiger partial charge is 0.343 e. The van der Waals surface area contributed by atoms with Crippen LogP contribution in [0.1, 0.15) is 29.3 Å². The molecule has 0 unspecified atom stereocenters. The fourth-order valence-corrected chi connectivity index (χ4v) is 1.91. The van der Waals surface area contributed by atoms with Crippen LogP contribution < -0.4 is 5.56 Å². The summed E-state index contributed by atoms with van der Waals surface area (Å²) in [6, 6.07) is 7.51. The van der Waals surface area contributed by atoms with Crippen LogP contribution in [0.3, 0.4) is 0 Å².